The Kier molecular flexibility index (Phi) is 4.73. The topological polar surface area (TPSA) is 64.8 Å². The summed E-state index contributed by atoms with van der Waals surface area (Å²) in [4.78, 5) is 15.4. The van der Waals surface area contributed by atoms with Crippen molar-refractivity contribution in [1.29, 1.82) is 0 Å². The Balaban J connectivity index is 2.07. The van der Waals surface area contributed by atoms with Gasteiger partial charge in [0.2, 0.25) is 0 Å². The molecule has 138 valence electrons. The smallest absolute Gasteiger partial charge is 0.312 e. The lowest BCUT2D eigenvalue weighted by atomic mass is 9.57. The normalized spacial score (nSPS) is 39.8. The molecule has 1 saturated heterocycles. The molecule has 1 aliphatic heterocycles. The maximum absolute atomic E-state index is 12.9. The molecule has 2 aliphatic carbocycles. The minimum atomic E-state index is -0.259. The highest BCUT2D eigenvalue weighted by Gasteiger charge is 2.73. The summed E-state index contributed by atoms with van der Waals surface area (Å²) in [6.45, 7) is 13.1. The second-order valence-electron chi connectivity index (χ2n) is 8.56. The molecule has 0 aromatic rings. The summed E-state index contributed by atoms with van der Waals surface area (Å²) < 4.78 is 11.1. The van der Waals surface area contributed by atoms with Gasteiger partial charge in [-0.1, -0.05) is 20.8 Å². The van der Waals surface area contributed by atoms with Gasteiger partial charge in [-0.25, -0.2) is 0 Å². The molecule has 3 rings (SSSR count). The van der Waals surface area contributed by atoms with E-state index in [1.807, 2.05) is 6.92 Å². The summed E-state index contributed by atoms with van der Waals surface area (Å²) in [6.07, 6.45) is 3.48. The van der Waals surface area contributed by atoms with Crippen LogP contribution in [0.1, 0.15) is 47.0 Å². The van der Waals surface area contributed by atoms with Crippen molar-refractivity contribution in [3.8, 4) is 0 Å². The fraction of sp³-hybridized carbons (Fsp3) is 0.947. The summed E-state index contributed by atoms with van der Waals surface area (Å²) >= 11 is 0. The number of carbonyl (C=O) groups is 1. The first-order valence-corrected chi connectivity index (χ1v) is 9.54. The van der Waals surface area contributed by atoms with Gasteiger partial charge in [0.25, 0.3) is 0 Å². The third-order valence-corrected chi connectivity index (χ3v) is 7.91. The molecule has 0 spiro atoms. The SMILES string of the molecule is CCOC(=O)[C@@H](CN)[C@@]1(N2CCOCC2)C[C@@H]2CC[C@@]1(C)C2(C)C. The minimum Gasteiger partial charge on any atom is -0.466 e. The highest BCUT2D eigenvalue weighted by atomic mass is 16.5. The van der Waals surface area contributed by atoms with E-state index in [0.29, 0.717) is 19.1 Å². The van der Waals surface area contributed by atoms with E-state index in [1.54, 1.807) is 0 Å². The second kappa shape index (κ2) is 6.26. The molecule has 2 N–H and O–H groups in total. The minimum absolute atomic E-state index is 0.0683. The molecule has 3 aliphatic rings. The predicted octanol–water partition coefficient (Wildman–Crippen LogP) is 2.04. The number of nitrogens with two attached hydrogens (primary N) is 1. The fourth-order valence-corrected chi connectivity index (χ4v) is 6.25. The van der Waals surface area contributed by atoms with Gasteiger partial charge in [0.1, 0.15) is 0 Å². The van der Waals surface area contributed by atoms with Crippen LogP contribution >= 0.6 is 0 Å². The van der Waals surface area contributed by atoms with Crippen molar-refractivity contribution in [1.82, 2.24) is 4.90 Å². The van der Waals surface area contributed by atoms with Crippen molar-refractivity contribution < 1.29 is 14.3 Å². The van der Waals surface area contributed by atoms with Gasteiger partial charge >= 0.3 is 5.97 Å². The van der Waals surface area contributed by atoms with E-state index < -0.39 is 0 Å². The van der Waals surface area contributed by atoms with Crippen molar-refractivity contribution in [2.45, 2.75) is 52.5 Å². The van der Waals surface area contributed by atoms with Gasteiger partial charge in [0.15, 0.2) is 0 Å². The summed E-state index contributed by atoms with van der Waals surface area (Å²) in [5.41, 5.74) is 6.27. The molecule has 5 heteroatoms. The number of ether oxygens (including phenoxy) is 2. The molecular formula is C19H34N2O3. The molecule has 0 unspecified atom stereocenters. The number of carbonyl (C=O) groups excluding carboxylic acids is 1. The molecule has 24 heavy (non-hydrogen) atoms. The first-order chi connectivity index (χ1) is 11.3. The van der Waals surface area contributed by atoms with Gasteiger partial charge in [0.05, 0.1) is 25.7 Å². The predicted molar refractivity (Wildman–Crippen MR) is 93.5 cm³/mol. The van der Waals surface area contributed by atoms with Gasteiger partial charge in [-0.15, -0.1) is 0 Å². The molecule has 5 nitrogen and oxygen atoms in total. The Morgan fingerprint density at radius 3 is 2.46 bits per heavy atom. The first-order valence-electron chi connectivity index (χ1n) is 9.54. The number of hydrogen-bond donors (Lipinski definition) is 1. The summed E-state index contributed by atoms with van der Waals surface area (Å²) in [7, 11) is 0. The Morgan fingerprint density at radius 2 is 2.00 bits per heavy atom. The van der Waals surface area contributed by atoms with Crippen LogP contribution in [0, 0.1) is 22.7 Å². The number of fused-ring (bicyclic) bond motifs is 2. The zero-order valence-corrected chi connectivity index (χ0v) is 15.8. The highest BCUT2D eigenvalue weighted by Crippen LogP contribution is 2.72. The number of morpholine rings is 1. The van der Waals surface area contributed by atoms with E-state index in [1.165, 1.54) is 6.42 Å². The zero-order chi connectivity index (χ0) is 17.6. The highest BCUT2D eigenvalue weighted by molar-refractivity contribution is 5.75. The quantitative estimate of drug-likeness (QED) is 0.777. The Morgan fingerprint density at radius 1 is 1.33 bits per heavy atom. The summed E-state index contributed by atoms with van der Waals surface area (Å²) in [5.74, 6) is 0.273. The number of rotatable bonds is 5. The van der Waals surface area contributed by atoms with E-state index in [9.17, 15) is 4.79 Å². The average molecular weight is 338 g/mol. The van der Waals surface area contributed by atoms with E-state index >= 15 is 0 Å². The molecule has 2 bridgehead atoms. The van der Waals surface area contributed by atoms with Crippen LogP contribution in [0.3, 0.4) is 0 Å². The van der Waals surface area contributed by atoms with Crippen molar-refractivity contribution in [3.63, 3.8) is 0 Å². The van der Waals surface area contributed by atoms with Crippen LogP contribution in [0.2, 0.25) is 0 Å². The first kappa shape index (κ1) is 18.2. The lowest BCUT2D eigenvalue weighted by molar-refractivity contribution is -0.168. The van der Waals surface area contributed by atoms with Crippen LogP contribution in [-0.4, -0.2) is 55.9 Å². The fourth-order valence-electron chi connectivity index (χ4n) is 6.25. The van der Waals surface area contributed by atoms with E-state index in [4.69, 9.17) is 15.2 Å². The van der Waals surface area contributed by atoms with Crippen LogP contribution < -0.4 is 5.73 Å². The third-order valence-electron chi connectivity index (χ3n) is 7.91. The molecule has 1 heterocycles. The lowest BCUT2D eigenvalue weighted by Crippen LogP contribution is -2.68. The van der Waals surface area contributed by atoms with Crippen molar-refractivity contribution in [3.05, 3.63) is 0 Å². The molecule has 0 amide bonds. The van der Waals surface area contributed by atoms with Gasteiger partial charge in [-0.2, -0.15) is 0 Å². The van der Waals surface area contributed by atoms with Gasteiger partial charge in [-0.05, 0) is 42.9 Å². The third kappa shape index (κ3) is 2.20. The number of esters is 1. The van der Waals surface area contributed by atoms with Crippen LogP contribution in [0.4, 0.5) is 0 Å². The van der Waals surface area contributed by atoms with E-state index in [-0.39, 0.29) is 28.3 Å². The van der Waals surface area contributed by atoms with Crippen molar-refractivity contribution in [2.75, 3.05) is 39.5 Å². The summed E-state index contributed by atoms with van der Waals surface area (Å²) in [6, 6.07) is 0. The molecule has 0 aromatic heterocycles. The van der Waals surface area contributed by atoms with Crippen molar-refractivity contribution in [2.24, 2.45) is 28.4 Å². The molecule has 2 saturated carbocycles. The van der Waals surface area contributed by atoms with E-state index in [0.717, 1.165) is 39.1 Å². The van der Waals surface area contributed by atoms with Gasteiger partial charge < -0.3 is 15.2 Å². The number of nitrogens with zero attached hydrogens (tertiary/aromatic N) is 1. The zero-order valence-electron chi connectivity index (χ0n) is 15.8. The Labute approximate surface area is 146 Å². The van der Waals surface area contributed by atoms with Crippen LogP contribution in [0.15, 0.2) is 0 Å². The Bertz CT molecular complexity index is 489. The second-order valence-corrected chi connectivity index (χ2v) is 8.56. The van der Waals surface area contributed by atoms with Gasteiger partial charge in [-0.3, -0.25) is 9.69 Å². The van der Waals surface area contributed by atoms with Crippen LogP contribution in [0.25, 0.3) is 0 Å². The molecule has 3 fully saturated rings. The monoisotopic (exact) mass is 338 g/mol. The maximum atomic E-state index is 12.9. The summed E-state index contributed by atoms with van der Waals surface area (Å²) in [5, 5.41) is 0. The molecule has 0 aromatic carbocycles. The maximum Gasteiger partial charge on any atom is 0.312 e. The van der Waals surface area contributed by atoms with E-state index in [2.05, 4.69) is 25.7 Å². The molecular weight excluding hydrogens is 304 g/mol. The Hall–Kier alpha value is -0.650. The molecule has 0 radical (unpaired) electrons. The van der Waals surface area contributed by atoms with Crippen LogP contribution in [0.5, 0.6) is 0 Å². The van der Waals surface area contributed by atoms with Crippen LogP contribution in [-0.2, 0) is 14.3 Å². The lowest BCUT2D eigenvalue weighted by Gasteiger charge is -2.58. The standard InChI is InChI=1S/C19H34N2O3/c1-5-24-16(22)15(13-20)19(21-8-10-23-11-9-21)12-14-6-7-18(19,4)17(14,2)3/h14-15H,5-13,20H2,1-4H3/t14-,15+,18-,19-/m0/s1. The largest absolute Gasteiger partial charge is 0.466 e. The number of hydrogen-bond acceptors (Lipinski definition) is 5. The van der Waals surface area contributed by atoms with Gasteiger partial charge in [0, 0.05) is 25.2 Å². The average Bonchev–Trinajstić information content (AvgIpc) is 2.89. The molecule has 4 atom stereocenters. The van der Waals surface area contributed by atoms with Crippen molar-refractivity contribution >= 4 is 5.97 Å².